The van der Waals surface area contributed by atoms with Gasteiger partial charge in [-0.2, -0.15) is 17.0 Å². The summed E-state index contributed by atoms with van der Waals surface area (Å²) >= 11 is 0. The average Bonchev–Trinajstić information content (AvgIpc) is 2.36. The van der Waals surface area contributed by atoms with Crippen molar-refractivity contribution in [3.63, 3.8) is 0 Å². The number of piperidine rings is 1. The van der Waals surface area contributed by atoms with Crippen molar-refractivity contribution < 1.29 is 23.1 Å². The van der Waals surface area contributed by atoms with Crippen LogP contribution in [0, 0.1) is 5.92 Å². The van der Waals surface area contributed by atoms with Crippen LogP contribution >= 0.6 is 0 Å². The summed E-state index contributed by atoms with van der Waals surface area (Å²) in [6, 6.07) is 0. The zero-order valence-corrected chi connectivity index (χ0v) is 13.6. The molecule has 8 heteroatoms. The fourth-order valence-corrected chi connectivity index (χ4v) is 5.01. The Hall–Kier alpha value is -0.700. The Morgan fingerprint density at radius 2 is 1.95 bits per heavy atom. The molecule has 0 spiro atoms. The molecule has 2 atom stereocenters. The van der Waals surface area contributed by atoms with Crippen molar-refractivity contribution in [1.82, 2.24) is 8.61 Å². The van der Waals surface area contributed by atoms with Gasteiger partial charge in [-0.05, 0) is 33.6 Å². The van der Waals surface area contributed by atoms with Gasteiger partial charge in [0.25, 0.3) is 10.2 Å². The van der Waals surface area contributed by atoms with E-state index < -0.39 is 27.7 Å². The first-order valence-electron chi connectivity index (χ1n) is 7.28. The number of carbonyl (C=O) groups is 1. The largest absolute Gasteiger partial charge is 0.481 e. The van der Waals surface area contributed by atoms with Crippen LogP contribution in [0.25, 0.3) is 0 Å². The minimum absolute atomic E-state index is 0.0594. The van der Waals surface area contributed by atoms with Crippen LogP contribution in [0.15, 0.2) is 0 Å². The van der Waals surface area contributed by atoms with Crippen LogP contribution in [-0.4, -0.2) is 66.0 Å². The van der Waals surface area contributed by atoms with E-state index in [0.29, 0.717) is 25.9 Å². The Balaban J connectivity index is 2.15. The molecule has 0 amide bonds. The highest BCUT2D eigenvalue weighted by Crippen LogP contribution is 2.27. The molecule has 2 unspecified atom stereocenters. The van der Waals surface area contributed by atoms with Gasteiger partial charge in [0.15, 0.2) is 0 Å². The molecule has 0 saturated carbocycles. The Labute approximate surface area is 126 Å². The van der Waals surface area contributed by atoms with E-state index in [1.54, 1.807) is 0 Å². The predicted octanol–water partition coefficient (Wildman–Crippen LogP) is 0.527. The normalized spacial score (nSPS) is 32.0. The maximum Gasteiger partial charge on any atom is 0.307 e. The van der Waals surface area contributed by atoms with Crippen molar-refractivity contribution in [3.05, 3.63) is 0 Å². The molecule has 2 fully saturated rings. The fourth-order valence-electron chi connectivity index (χ4n) is 3.09. The van der Waals surface area contributed by atoms with Gasteiger partial charge in [0.05, 0.1) is 17.6 Å². The summed E-state index contributed by atoms with van der Waals surface area (Å²) in [5, 5.41) is 9.10. The number of hydrogen-bond acceptors (Lipinski definition) is 4. The summed E-state index contributed by atoms with van der Waals surface area (Å²) in [4.78, 5) is 11.1. The third kappa shape index (κ3) is 3.74. The molecule has 1 N–H and O–H groups in total. The SMILES string of the molecule is CC1CN(S(=O)(=O)N2CCCC(C(=O)O)C2)CC(C)(C)O1. The minimum atomic E-state index is -3.63. The van der Waals surface area contributed by atoms with Gasteiger partial charge < -0.3 is 9.84 Å². The summed E-state index contributed by atoms with van der Waals surface area (Å²) in [7, 11) is -3.63. The lowest BCUT2D eigenvalue weighted by Crippen LogP contribution is -2.58. The summed E-state index contributed by atoms with van der Waals surface area (Å²) in [5.41, 5.74) is -0.535. The van der Waals surface area contributed by atoms with E-state index in [1.807, 2.05) is 20.8 Å². The first-order chi connectivity index (χ1) is 9.62. The molecule has 21 heavy (non-hydrogen) atoms. The van der Waals surface area contributed by atoms with Gasteiger partial charge in [-0.1, -0.05) is 0 Å². The first kappa shape index (κ1) is 16.7. The molecule has 0 aromatic rings. The number of hydrogen-bond donors (Lipinski definition) is 1. The number of carboxylic acids is 1. The van der Waals surface area contributed by atoms with Gasteiger partial charge in [-0.3, -0.25) is 4.79 Å². The van der Waals surface area contributed by atoms with Gasteiger partial charge in [0.2, 0.25) is 0 Å². The summed E-state index contributed by atoms with van der Waals surface area (Å²) < 4.78 is 33.9. The molecule has 2 saturated heterocycles. The number of morpholine rings is 1. The van der Waals surface area contributed by atoms with Crippen molar-refractivity contribution >= 4 is 16.2 Å². The Morgan fingerprint density at radius 1 is 1.29 bits per heavy atom. The monoisotopic (exact) mass is 320 g/mol. The van der Waals surface area contributed by atoms with Gasteiger partial charge in [0.1, 0.15) is 0 Å². The van der Waals surface area contributed by atoms with Crippen molar-refractivity contribution in [2.24, 2.45) is 5.92 Å². The lowest BCUT2D eigenvalue weighted by atomic mass is 10.0. The van der Waals surface area contributed by atoms with E-state index in [4.69, 9.17) is 9.84 Å². The molecule has 0 radical (unpaired) electrons. The molecular weight excluding hydrogens is 296 g/mol. The van der Waals surface area contributed by atoms with Gasteiger partial charge in [0, 0.05) is 26.2 Å². The van der Waals surface area contributed by atoms with Gasteiger partial charge >= 0.3 is 5.97 Å². The van der Waals surface area contributed by atoms with Gasteiger partial charge in [-0.15, -0.1) is 0 Å². The number of aliphatic carboxylic acids is 1. The molecule has 2 rings (SSSR count). The number of ether oxygens (including phenoxy) is 1. The molecule has 7 nitrogen and oxygen atoms in total. The van der Waals surface area contributed by atoms with Crippen LogP contribution in [0.5, 0.6) is 0 Å². The first-order valence-corrected chi connectivity index (χ1v) is 8.67. The van der Waals surface area contributed by atoms with Crippen LogP contribution < -0.4 is 0 Å². The number of nitrogens with zero attached hydrogens (tertiary/aromatic N) is 2. The minimum Gasteiger partial charge on any atom is -0.481 e. The molecule has 122 valence electrons. The van der Waals surface area contributed by atoms with Crippen molar-refractivity contribution in [2.75, 3.05) is 26.2 Å². The highest BCUT2D eigenvalue weighted by molar-refractivity contribution is 7.86. The quantitative estimate of drug-likeness (QED) is 0.819. The highest BCUT2D eigenvalue weighted by Gasteiger charge is 2.41. The molecule has 0 aliphatic carbocycles. The van der Waals surface area contributed by atoms with Gasteiger partial charge in [-0.25, -0.2) is 0 Å². The maximum absolute atomic E-state index is 12.7. The van der Waals surface area contributed by atoms with E-state index in [1.165, 1.54) is 8.61 Å². The standard InChI is InChI=1S/C13H24N2O5S/c1-10-7-15(9-13(2,3)20-10)21(18,19)14-6-4-5-11(8-14)12(16)17/h10-11H,4-9H2,1-3H3,(H,16,17). The zero-order chi connectivity index (χ0) is 15.8. The number of rotatable bonds is 3. The molecule has 0 aromatic heterocycles. The summed E-state index contributed by atoms with van der Waals surface area (Å²) in [5.74, 6) is -1.54. The lowest BCUT2D eigenvalue weighted by Gasteiger charge is -2.43. The van der Waals surface area contributed by atoms with E-state index in [9.17, 15) is 13.2 Å². The summed E-state index contributed by atoms with van der Waals surface area (Å²) in [6.07, 6.45) is 0.940. The Kier molecular flexibility index (Phi) is 4.63. The van der Waals surface area contributed by atoms with E-state index in [2.05, 4.69) is 0 Å². The van der Waals surface area contributed by atoms with Crippen LogP contribution in [-0.2, 0) is 19.7 Å². The topological polar surface area (TPSA) is 87.2 Å². The van der Waals surface area contributed by atoms with Crippen molar-refractivity contribution in [3.8, 4) is 0 Å². The fraction of sp³-hybridized carbons (Fsp3) is 0.923. The lowest BCUT2D eigenvalue weighted by molar-refractivity contribution is -0.143. The van der Waals surface area contributed by atoms with E-state index >= 15 is 0 Å². The zero-order valence-electron chi connectivity index (χ0n) is 12.8. The Bertz CT molecular complexity index is 505. The molecule has 2 heterocycles. The van der Waals surface area contributed by atoms with Crippen LogP contribution in [0.1, 0.15) is 33.6 Å². The second-order valence-electron chi connectivity index (χ2n) is 6.52. The summed E-state index contributed by atoms with van der Waals surface area (Å²) in [6.45, 7) is 6.61. The predicted molar refractivity (Wildman–Crippen MR) is 77.1 cm³/mol. The average molecular weight is 320 g/mol. The van der Waals surface area contributed by atoms with E-state index in [0.717, 1.165) is 0 Å². The number of carboxylic acid groups (broad SMARTS) is 1. The van der Waals surface area contributed by atoms with Crippen molar-refractivity contribution in [1.29, 1.82) is 0 Å². The molecular formula is C13H24N2O5S. The van der Waals surface area contributed by atoms with Crippen LogP contribution in [0.3, 0.4) is 0 Å². The Morgan fingerprint density at radius 3 is 2.52 bits per heavy atom. The second kappa shape index (κ2) is 5.83. The second-order valence-corrected chi connectivity index (χ2v) is 8.45. The molecule has 2 aliphatic rings. The molecule has 0 bridgehead atoms. The smallest absolute Gasteiger partial charge is 0.307 e. The van der Waals surface area contributed by atoms with E-state index in [-0.39, 0.29) is 19.2 Å². The molecule has 0 aromatic carbocycles. The third-order valence-electron chi connectivity index (χ3n) is 3.92. The maximum atomic E-state index is 12.7. The van der Waals surface area contributed by atoms with Crippen molar-refractivity contribution in [2.45, 2.75) is 45.3 Å². The highest BCUT2D eigenvalue weighted by atomic mass is 32.2. The van der Waals surface area contributed by atoms with Crippen LogP contribution in [0.2, 0.25) is 0 Å². The van der Waals surface area contributed by atoms with Crippen LogP contribution in [0.4, 0.5) is 0 Å². The third-order valence-corrected chi connectivity index (χ3v) is 5.84. The molecule has 2 aliphatic heterocycles.